The molecule has 0 fully saturated rings. The molecule has 1 atom stereocenters. The molecule has 3 aromatic carbocycles. The van der Waals surface area contributed by atoms with Crippen LogP contribution in [0.25, 0.3) is 0 Å². The minimum atomic E-state index is -4.15. The molecule has 9 heteroatoms. The molecule has 0 aliphatic carbocycles. The molecule has 3 aromatic rings. The summed E-state index contributed by atoms with van der Waals surface area (Å²) in [6, 6.07) is 20.0. The summed E-state index contributed by atoms with van der Waals surface area (Å²) in [5.41, 5.74) is 1.35. The van der Waals surface area contributed by atoms with Gasteiger partial charge in [0.05, 0.1) is 10.6 Å². The Labute approximate surface area is 230 Å². The monoisotopic (exact) mass is 553 g/mol. The maximum Gasteiger partial charge on any atom is 0.264 e. The van der Waals surface area contributed by atoms with Crippen molar-refractivity contribution in [3.8, 4) is 0 Å². The lowest BCUT2D eigenvalue weighted by Crippen LogP contribution is -2.51. The number of unbranched alkanes of at least 4 members (excludes halogenated alkanes) is 1. The van der Waals surface area contributed by atoms with E-state index >= 15 is 0 Å². The van der Waals surface area contributed by atoms with Gasteiger partial charge < -0.3 is 10.2 Å². The number of sulfonamides is 1. The van der Waals surface area contributed by atoms with Crippen LogP contribution in [0.5, 0.6) is 0 Å². The summed E-state index contributed by atoms with van der Waals surface area (Å²) in [7, 11) is -4.15. The number of nitrogens with one attached hydrogen (secondary N) is 1. The second-order valence-corrected chi connectivity index (χ2v) is 11.1. The molecule has 1 unspecified atom stereocenters. The van der Waals surface area contributed by atoms with Crippen LogP contribution in [-0.2, 0) is 32.6 Å². The Morgan fingerprint density at radius 1 is 0.897 bits per heavy atom. The first kappa shape index (κ1) is 29.8. The predicted octanol–water partition coefficient (Wildman–Crippen LogP) is 4.92. The van der Waals surface area contributed by atoms with Crippen molar-refractivity contribution in [2.75, 3.05) is 17.4 Å². The number of aryl methyl sites for hydroxylation is 1. The molecule has 208 valence electrons. The van der Waals surface area contributed by atoms with Crippen LogP contribution in [0.3, 0.4) is 0 Å². The minimum absolute atomic E-state index is 0.0368. The number of amides is 2. The summed E-state index contributed by atoms with van der Waals surface area (Å²) in [4.78, 5) is 28.2. The highest BCUT2D eigenvalue weighted by Crippen LogP contribution is 2.28. The van der Waals surface area contributed by atoms with Gasteiger partial charge in [-0.25, -0.2) is 12.8 Å². The van der Waals surface area contributed by atoms with Gasteiger partial charge in [0.2, 0.25) is 11.8 Å². The Bertz CT molecular complexity index is 1370. The van der Waals surface area contributed by atoms with Crippen molar-refractivity contribution in [2.24, 2.45) is 0 Å². The Morgan fingerprint density at radius 3 is 2.15 bits per heavy atom. The number of anilines is 1. The van der Waals surface area contributed by atoms with Gasteiger partial charge in [0.15, 0.2) is 0 Å². The summed E-state index contributed by atoms with van der Waals surface area (Å²) in [5, 5.41) is 2.82. The van der Waals surface area contributed by atoms with Gasteiger partial charge in [0, 0.05) is 18.7 Å². The van der Waals surface area contributed by atoms with E-state index in [0.717, 1.165) is 22.7 Å². The van der Waals surface area contributed by atoms with E-state index in [0.29, 0.717) is 18.7 Å². The smallest absolute Gasteiger partial charge is 0.264 e. The first-order valence-electron chi connectivity index (χ1n) is 13.2. The number of rotatable bonds is 13. The Hall–Kier alpha value is -3.72. The van der Waals surface area contributed by atoms with Gasteiger partial charge in [-0.2, -0.15) is 0 Å². The van der Waals surface area contributed by atoms with Crippen LogP contribution in [0.4, 0.5) is 10.1 Å². The Morgan fingerprint density at radius 2 is 1.51 bits per heavy atom. The number of hydrogen-bond acceptors (Lipinski definition) is 4. The largest absolute Gasteiger partial charge is 0.354 e. The number of halogens is 1. The summed E-state index contributed by atoms with van der Waals surface area (Å²) in [5.74, 6) is -1.53. The number of nitrogens with zero attached hydrogens (tertiary/aromatic N) is 2. The SMILES string of the molecule is CCCCNC(=O)C(C)N(Cc1ccccc1F)C(=O)CN(c1ccccc1CC)S(=O)(=O)c1ccccc1. The van der Waals surface area contributed by atoms with E-state index in [4.69, 9.17) is 0 Å². The van der Waals surface area contributed by atoms with Gasteiger partial charge in [0.25, 0.3) is 10.0 Å². The highest BCUT2D eigenvalue weighted by molar-refractivity contribution is 7.92. The van der Waals surface area contributed by atoms with Gasteiger partial charge >= 0.3 is 0 Å². The third kappa shape index (κ3) is 7.44. The standard InChI is InChI=1S/C30H36FN3O4S/c1-4-6-20-32-30(36)23(3)33(21-25-15-10-12-18-27(25)31)29(35)22-34(28-19-13-11-14-24(28)5-2)39(37,38)26-16-8-7-9-17-26/h7-19,23H,4-6,20-22H2,1-3H3,(H,32,36). The van der Waals surface area contributed by atoms with E-state index in [1.165, 1.54) is 23.1 Å². The van der Waals surface area contributed by atoms with Crippen molar-refractivity contribution in [3.05, 3.63) is 95.8 Å². The molecule has 2 amide bonds. The van der Waals surface area contributed by atoms with Crippen LogP contribution < -0.4 is 9.62 Å². The third-order valence-electron chi connectivity index (χ3n) is 6.55. The Balaban J connectivity index is 2.03. The van der Waals surface area contributed by atoms with Crippen LogP contribution in [0.2, 0.25) is 0 Å². The lowest BCUT2D eigenvalue weighted by atomic mass is 10.1. The fourth-order valence-corrected chi connectivity index (χ4v) is 5.69. The molecular weight excluding hydrogens is 517 g/mol. The zero-order valence-corrected chi connectivity index (χ0v) is 23.5. The zero-order valence-electron chi connectivity index (χ0n) is 22.6. The topological polar surface area (TPSA) is 86.8 Å². The van der Waals surface area contributed by atoms with Crippen LogP contribution in [0.1, 0.15) is 44.7 Å². The average molecular weight is 554 g/mol. The van der Waals surface area contributed by atoms with E-state index < -0.39 is 34.3 Å². The van der Waals surface area contributed by atoms with Crippen molar-refractivity contribution in [1.82, 2.24) is 10.2 Å². The van der Waals surface area contributed by atoms with Crippen molar-refractivity contribution in [3.63, 3.8) is 0 Å². The highest BCUT2D eigenvalue weighted by Gasteiger charge is 2.33. The van der Waals surface area contributed by atoms with E-state index in [-0.39, 0.29) is 22.9 Å². The first-order chi connectivity index (χ1) is 18.7. The fraction of sp³-hybridized carbons (Fsp3) is 0.333. The normalized spacial score (nSPS) is 12.0. The van der Waals surface area contributed by atoms with Crippen molar-refractivity contribution < 1.29 is 22.4 Å². The molecule has 3 rings (SSSR count). The zero-order chi connectivity index (χ0) is 28.4. The van der Waals surface area contributed by atoms with E-state index in [1.54, 1.807) is 55.5 Å². The average Bonchev–Trinajstić information content (AvgIpc) is 2.95. The molecule has 7 nitrogen and oxygen atoms in total. The second-order valence-electron chi connectivity index (χ2n) is 9.24. The van der Waals surface area contributed by atoms with Crippen molar-refractivity contribution >= 4 is 27.5 Å². The highest BCUT2D eigenvalue weighted by atomic mass is 32.2. The number of benzene rings is 3. The summed E-state index contributed by atoms with van der Waals surface area (Å²) in [6.45, 7) is 5.16. The molecule has 0 aliphatic rings. The van der Waals surface area contributed by atoms with E-state index in [1.807, 2.05) is 26.0 Å². The molecular formula is C30H36FN3O4S. The summed E-state index contributed by atoms with van der Waals surface area (Å²) in [6.07, 6.45) is 2.20. The Kier molecular flexibility index (Phi) is 10.6. The molecule has 0 saturated carbocycles. The molecule has 1 N–H and O–H groups in total. The summed E-state index contributed by atoms with van der Waals surface area (Å²) < 4.78 is 43.4. The molecule has 0 aromatic heterocycles. The van der Waals surface area contributed by atoms with Gasteiger partial charge in [0.1, 0.15) is 18.4 Å². The number of carbonyl (C=O) groups excluding carboxylic acids is 2. The van der Waals surface area contributed by atoms with E-state index in [2.05, 4.69) is 5.32 Å². The number of para-hydroxylation sites is 1. The second kappa shape index (κ2) is 13.9. The van der Waals surface area contributed by atoms with Gasteiger partial charge in [-0.15, -0.1) is 0 Å². The number of carbonyl (C=O) groups is 2. The quantitative estimate of drug-likeness (QED) is 0.305. The molecule has 0 spiro atoms. The predicted molar refractivity (Wildman–Crippen MR) is 151 cm³/mol. The van der Waals surface area contributed by atoms with Gasteiger partial charge in [-0.3, -0.25) is 13.9 Å². The van der Waals surface area contributed by atoms with Crippen LogP contribution in [-0.4, -0.2) is 44.3 Å². The summed E-state index contributed by atoms with van der Waals surface area (Å²) >= 11 is 0. The first-order valence-corrected chi connectivity index (χ1v) is 14.6. The van der Waals surface area contributed by atoms with E-state index in [9.17, 15) is 22.4 Å². The molecule has 0 heterocycles. The lowest BCUT2D eigenvalue weighted by Gasteiger charge is -2.32. The molecule has 0 bridgehead atoms. The lowest BCUT2D eigenvalue weighted by molar-refractivity contribution is -0.139. The van der Waals surface area contributed by atoms with Crippen LogP contribution >= 0.6 is 0 Å². The van der Waals surface area contributed by atoms with Crippen molar-refractivity contribution in [1.29, 1.82) is 0 Å². The van der Waals surface area contributed by atoms with Gasteiger partial charge in [-0.05, 0) is 49.6 Å². The number of hydrogen-bond donors (Lipinski definition) is 1. The maximum atomic E-state index is 14.6. The van der Waals surface area contributed by atoms with Gasteiger partial charge in [-0.1, -0.05) is 74.9 Å². The van der Waals surface area contributed by atoms with Crippen molar-refractivity contribution in [2.45, 2.75) is 57.5 Å². The molecule has 39 heavy (non-hydrogen) atoms. The minimum Gasteiger partial charge on any atom is -0.354 e. The third-order valence-corrected chi connectivity index (χ3v) is 8.32. The molecule has 0 aliphatic heterocycles. The fourth-order valence-electron chi connectivity index (χ4n) is 4.21. The van der Waals surface area contributed by atoms with Crippen LogP contribution in [0.15, 0.2) is 83.8 Å². The maximum absolute atomic E-state index is 14.6. The van der Waals surface area contributed by atoms with Crippen LogP contribution in [0, 0.1) is 5.82 Å². The molecule has 0 radical (unpaired) electrons. The molecule has 0 saturated heterocycles.